The van der Waals surface area contributed by atoms with Crippen LogP contribution in [0.2, 0.25) is 0 Å². The van der Waals surface area contributed by atoms with Crippen molar-refractivity contribution in [3.63, 3.8) is 0 Å². The van der Waals surface area contributed by atoms with Crippen LogP contribution >= 0.6 is 23.3 Å². The first-order valence-electron chi connectivity index (χ1n) is 5.69. The van der Waals surface area contributed by atoms with Crippen LogP contribution in [-0.2, 0) is 4.79 Å². The van der Waals surface area contributed by atoms with Gasteiger partial charge in [-0.25, -0.2) is 4.79 Å². The van der Waals surface area contributed by atoms with E-state index in [0.717, 1.165) is 36.5 Å². The molecule has 0 unspecified atom stereocenters. The molecule has 1 rings (SSSR count). The number of carbonyl (C=O) groups is 2. The molecule has 0 saturated carbocycles. The van der Waals surface area contributed by atoms with Crippen molar-refractivity contribution in [3.05, 3.63) is 5.56 Å². The van der Waals surface area contributed by atoms with E-state index in [1.54, 1.807) is 0 Å². The number of aromatic nitrogens is 1. The smallest absolute Gasteiger partial charge is 0.341 e. The molecular formula is C11H16N2O3S2. The Balaban J connectivity index is 2.75. The standard InChI is InChI=1S/C11H16N2O3S2/c1-3-4-5-6-17-10-8(11(15)16)9(18-13-10)12-7(2)14/h3-6H2,1-2H3,(H,12,14)(H,15,16). The normalized spacial score (nSPS) is 10.3. The zero-order valence-electron chi connectivity index (χ0n) is 10.4. The zero-order chi connectivity index (χ0) is 13.5. The number of rotatable bonds is 7. The molecule has 0 radical (unpaired) electrons. The Bertz CT molecular complexity index is 432. The SMILES string of the molecule is CCCCCSc1nsc(NC(C)=O)c1C(=O)O. The molecule has 0 spiro atoms. The Hall–Kier alpha value is -1.08. The van der Waals surface area contributed by atoms with Gasteiger partial charge in [0.1, 0.15) is 15.6 Å². The highest BCUT2D eigenvalue weighted by atomic mass is 32.2. The number of aromatic carboxylic acids is 1. The second-order valence-electron chi connectivity index (χ2n) is 3.73. The minimum Gasteiger partial charge on any atom is -0.477 e. The molecule has 0 saturated heterocycles. The van der Waals surface area contributed by atoms with Gasteiger partial charge >= 0.3 is 5.97 Å². The van der Waals surface area contributed by atoms with Crippen molar-refractivity contribution >= 4 is 40.2 Å². The number of unbranched alkanes of at least 4 members (excludes halogenated alkanes) is 2. The van der Waals surface area contributed by atoms with Crippen molar-refractivity contribution in [2.75, 3.05) is 11.1 Å². The van der Waals surface area contributed by atoms with Crippen LogP contribution in [-0.4, -0.2) is 27.1 Å². The number of hydrogen-bond acceptors (Lipinski definition) is 5. The predicted molar refractivity (Wildman–Crippen MR) is 73.6 cm³/mol. The molecule has 1 aromatic rings. The number of thioether (sulfide) groups is 1. The van der Waals surface area contributed by atoms with Gasteiger partial charge in [-0.15, -0.1) is 11.8 Å². The van der Waals surface area contributed by atoms with Crippen LogP contribution in [0.25, 0.3) is 0 Å². The third-order valence-corrected chi connectivity index (χ3v) is 4.09. The number of carbonyl (C=O) groups excluding carboxylic acids is 1. The van der Waals surface area contributed by atoms with E-state index in [2.05, 4.69) is 16.6 Å². The first kappa shape index (κ1) is 15.0. The minimum atomic E-state index is -1.05. The highest BCUT2D eigenvalue weighted by Crippen LogP contribution is 2.32. The van der Waals surface area contributed by atoms with E-state index in [1.165, 1.54) is 18.7 Å². The Labute approximate surface area is 114 Å². The van der Waals surface area contributed by atoms with Gasteiger partial charge < -0.3 is 10.4 Å². The van der Waals surface area contributed by atoms with Crippen LogP contribution in [0.5, 0.6) is 0 Å². The number of amides is 1. The summed E-state index contributed by atoms with van der Waals surface area (Å²) in [5.41, 5.74) is 0.108. The van der Waals surface area contributed by atoms with Crippen molar-refractivity contribution in [1.82, 2.24) is 4.37 Å². The second-order valence-corrected chi connectivity index (χ2v) is 5.59. The van der Waals surface area contributed by atoms with Crippen molar-refractivity contribution in [1.29, 1.82) is 0 Å². The van der Waals surface area contributed by atoms with Gasteiger partial charge in [-0.1, -0.05) is 19.8 Å². The third kappa shape index (κ3) is 4.30. The quantitative estimate of drug-likeness (QED) is 0.595. The van der Waals surface area contributed by atoms with E-state index in [9.17, 15) is 9.59 Å². The van der Waals surface area contributed by atoms with E-state index < -0.39 is 5.97 Å². The molecule has 1 heterocycles. The molecule has 18 heavy (non-hydrogen) atoms. The van der Waals surface area contributed by atoms with Gasteiger partial charge in [0, 0.05) is 6.92 Å². The van der Waals surface area contributed by atoms with E-state index in [1.807, 2.05) is 0 Å². The summed E-state index contributed by atoms with van der Waals surface area (Å²) < 4.78 is 4.10. The topological polar surface area (TPSA) is 79.3 Å². The summed E-state index contributed by atoms with van der Waals surface area (Å²) in [4.78, 5) is 22.1. The Morgan fingerprint density at radius 3 is 2.72 bits per heavy atom. The maximum atomic E-state index is 11.2. The maximum absolute atomic E-state index is 11.2. The fourth-order valence-electron chi connectivity index (χ4n) is 1.33. The molecule has 100 valence electrons. The highest BCUT2D eigenvalue weighted by molar-refractivity contribution is 7.99. The Morgan fingerprint density at radius 2 is 2.17 bits per heavy atom. The lowest BCUT2D eigenvalue weighted by molar-refractivity contribution is -0.114. The van der Waals surface area contributed by atoms with Crippen LogP contribution in [0.4, 0.5) is 5.00 Å². The summed E-state index contributed by atoms with van der Waals surface area (Å²) in [6.07, 6.45) is 3.28. The number of anilines is 1. The lowest BCUT2D eigenvalue weighted by Gasteiger charge is -2.01. The molecule has 0 fully saturated rings. The second kappa shape index (κ2) is 7.38. The van der Waals surface area contributed by atoms with Crippen LogP contribution in [0.15, 0.2) is 5.03 Å². The molecular weight excluding hydrogens is 272 g/mol. The van der Waals surface area contributed by atoms with Crippen LogP contribution in [0, 0.1) is 0 Å². The molecule has 5 nitrogen and oxygen atoms in total. The number of nitrogens with one attached hydrogen (secondary N) is 1. The van der Waals surface area contributed by atoms with Crippen LogP contribution in [0.1, 0.15) is 43.5 Å². The largest absolute Gasteiger partial charge is 0.477 e. The van der Waals surface area contributed by atoms with Crippen LogP contribution < -0.4 is 5.32 Å². The number of carboxylic acid groups (broad SMARTS) is 1. The van der Waals surface area contributed by atoms with E-state index >= 15 is 0 Å². The first-order chi connectivity index (χ1) is 8.56. The van der Waals surface area contributed by atoms with Gasteiger partial charge in [0.25, 0.3) is 0 Å². The molecule has 0 aromatic carbocycles. The van der Waals surface area contributed by atoms with E-state index in [0.29, 0.717) is 10.0 Å². The summed E-state index contributed by atoms with van der Waals surface area (Å²) in [6, 6.07) is 0. The molecule has 1 amide bonds. The number of hydrogen-bond donors (Lipinski definition) is 2. The van der Waals surface area contributed by atoms with Crippen molar-refractivity contribution in [2.24, 2.45) is 0 Å². The molecule has 0 aliphatic heterocycles. The number of carboxylic acids is 1. The molecule has 7 heteroatoms. The van der Waals surface area contributed by atoms with Crippen molar-refractivity contribution in [3.8, 4) is 0 Å². The lowest BCUT2D eigenvalue weighted by atomic mass is 10.3. The summed E-state index contributed by atoms with van der Waals surface area (Å²) in [5.74, 6) is -0.494. The Morgan fingerprint density at radius 1 is 1.44 bits per heavy atom. The summed E-state index contributed by atoms with van der Waals surface area (Å²) in [6.45, 7) is 3.46. The highest BCUT2D eigenvalue weighted by Gasteiger charge is 2.21. The zero-order valence-corrected chi connectivity index (χ0v) is 12.0. The molecule has 0 aliphatic carbocycles. The number of nitrogens with zero attached hydrogens (tertiary/aromatic N) is 1. The fraction of sp³-hybridized carbons (Fsp3) is 0.545. The van der Waals surface area contributed by atoms with Gasteiger partial charge in [-0.05, 0) is 23.7 Å². The average molecular weight is 288 g/mol. The fourth-order valence-corrected chi connectivity index (χ4v) is 3.32. The van der Waals surface area contributed by atoms with E-state index in [-0.39, 0.29) is 11.5 Å². The lowest BCUT2D eigenvalue weighted by Crippen LogP contribution is -2.08. The molecule has 0 bridgehead atoms. The predicted octanol–water partition coefficient (Wildman–Crippen LogP) is 3.08. The van der Waals surface area contributed by atoms with Gasteiger partial charge in [-0.3, -0.25) is 4.79 Å². The summed E-state index contributed by atoms with van der Waals surface area (Å²) >= 11 is 2.44. The van der Waals surface area contributed by atoms with Crippen LogP contribution in [0.3, 0.4) is 0 Å². The third-order valence-electron chi connectivity index (χ3n) is 2.15. The van der Waals surface area contributed by atoms with Crippen molar-refractivity contribution < 1.29 is 14.7 Å². The first-order valence-corrected chi connectivity index (χ1v) is 7.45. The molecule has 0 atom stereocenters. The van der Waals surface area contributed by atoms with Gasteiger partial charge in [0.05, 0.1) is 0 Å². The summed E-state index contributed by atoms with van der Waals surface area (Å²) in [7, 11) is 0. The Kier molecular flexibility index (Phi) is 6.14. The van der Waals surface area contributed by atoms with Gasteiger partial charge in [0.2, 0.25) is 5.91 Å². The van der Waals surface area contributed by atoms with Gasteiger partial charge in [0.15, 0.2) is 0 Å². The maximum Gasteiger partial charge on any atom is 0.341 e. The molecule has 1 aromatic heterocycles. The monoisotopic (exact) mass is 288 g/mol. The summed E-state index contributed by atoms with van der Waals surface area (Å²) in [5, 5.41) is 12.5. The molecule has 0 aliphatic rings. The molecule has 2 N–H and O–H groups in total. The van der Waals surface area contributed by atoms with E-state index in [4.69, 9.17) is 5.11 Å². The average Bonchev–Trinajstić information content (AvgIpc) is 2.66. The van der Waals surface area contributed by atoms with Gasteiger partial charge in [-0.2, -0.15) is 4.37 Å². The minimum absolute atomic E-state index is 0.108. The van der Waals surface area contributed by atoms with Crippen molar-refractivity contribution in [2.45, 2.75) is 38.1 Å².